The third kappa shape index (κ3) is 3.62. The zero-order valence-electron chi connectivity index (χ0n) is 10.4. The van der Waals surface area contributed by atoms with Crippen molar-refractivity contribution in [1.82, 2.24) is 9.97 Å². The van der Waals surface area contributed by atoms with Gasteiger partial charge in [-0.05, 0) is 37.2 Å². The van der Waals surface area contributed by atoms with Crippen LogP contribution < -0.4 is 5.73 Å². The van der Waals surface area contributed by atoms with Crippen LogP contribution in [0.25, 0.3) is 0 Å². The van der Waals surface area contributed by atoms with Crippen LogP contribution in [0.4, 0.5) is 0 Å². The fourth-order valence-corrected chi connectivity index (χ4v) is 2.10. The number of hydrogen-bond acceptors (Lipinski definition) is 3. The van der Waals surface area contributed by atoms with Crippen molar-refractivity contribution in [2.45, 2.75) is 19.8 Å². The molecule has 0 aliphatic carbocycles. The molecule has 0 aliphatic rings. The third-order valence-corrected chi connectivity index (χ3v) is 3.16. The van der Waals surface area contributed by atoms with Gasteiger partial charge < -0.3 is 5.73 Å². The Bertz CT molecular complexity index is 523. The zero-order valence-corrected chi connectivity index (χ0v) is 11.9. The fraction of sp³-hybridized carbons (Fsp3) is 0.286. The molecule has 0 unspecified atom stereocenters. The van der Waals surface area contributed by atoms with E-state index in [4.69, 9.17) is 5.73 Å². The van der Waals surface area contributed by atoms with Gasteiger partial charge in [-0.3, -0.25) is 0 Å². The summed E-state index contributed by atoms with van der Waals surface area (Å²) in [6.07, 6.45) is 1.56. The monoisotopic (exact) mass is 305 g/mol. The molecule has 0 amide bonds. The number of benzene rings is 1. The van der Waals surface area contributed by atoms with Crippen molar-refractivity contribution in [3.05, 3.63) is 57.6 Å². The fourth-order valence-electron chi connectivity index (χ4n) is 1.84. The lowest BCUT2D eigenvalue weighted by Crippen LogP contribution is -2.08. The van der Waals surface area contributed by atoms with Crippen LogP contribution in [0, 0.1) is 6.92 Å². The molecule has 3 nitrogen and oxygen atoms in total. The largest absolute Gasteiger partial charge is 0.330 e. The van der Waals surface area contributed by atoms with Gasteiger partial charge in [0.05, 0.1) is 0 Å². The second-order valence-electron chi connectivity index (χ2n) is 4.26. The van der Waals surface area contributed by atoms with Crippen LogP contribution in [-0.4, -0.2) is 16.5 Å². The molecule has 0 radical (unpaired) electrons. The Hall–Kier alpha value is -1.26. The van der Waals surface area contributed by atoms with E-state index in [9.17, 15) is 0 Å². The maximum Gasteiger partial charge on any atom is 0.133 e. The van der Waals surface area contributed by atoms with E-state index in [1.54, 1.807) is 0 Å². The average Bonchev–Trinajstić information content (AvgIpc) is 2.32. The van der Waals surface area contributed by atoms with Gasteiger partial charge in [0, 0.05) is 28.7 Å². The molecule has 1 heterocycles. The highest BCUT2D eigenvalue weighted by Crippen LogP contribution is 2.13. The highest BCUT2D eigenvalue weighted by molar-refractivity contribution is 9.10. The first-order valence-corrected chi connectivity index (χ1v) is 6.74. The summed E-state index contributed by atoms with van der Waals surface area (Å²) < 4.78 is 1.08. The molecule has 18 heavy (non-hydrogen) atoms. The highest BCUT2D eigenvalue weighted by Gasteiger charge is 2.03. The quantitative estimate of drug-likeness (QED) is 0.945. The number of nitrogens with zero attached hydrogens (tertiary/aromatic N) is 2. The lowest BCUT2D eigenvalue weighted by molar-refractivity contribution is 0.853. The first kappa shape index (κ1) is 13.2. The molecule has 4 heteroatoms. The molecule has 1 aromatic carbocycles. The van der Waals surface area contributed by atoms with E-state index in [2.05, 4.69) is 38.0 Å². The topological polar surface area (TPSA) is 51.8 Å². The average molecular weight is 306 g/mol. The Morgan fingerprint density at radius 1 is 1.17 bits per heavy atom. The van der Waals surface area contributed by atoms with Crippen molar-refractivity contribution in [2.24, 2.45) is 5.73 Å². The van der Waals surface area contributed by atoms with Gasteiger partial charge in [-0.2, -0.15) is 0 Å². The molecule has 0 atom stereocenters. The van der Waals surface area contributed by atoms with E-state index in [0.29, 0.717) is 6.54 Å². The molecule has 2 N–H and O–H groups in total. The van der Waals surface area contributed by atoms with Crippen molar-refractivity contribution < 1.29 is 0 Å². The summed E-state index contributed by atoms with van der Waals surface area (Å²) in [5, 5.41) is 0. The second kappa shape index (κ2) is 6.07. The van der Waals surface area contributed by atoms with Crippen LogP contribution in [-0.2, 0) is 12.8 Å². The summed E-state index contributed by atoms with van der Waals surface area (Å²) >= 11 is 3.43. The van der Waals surface area contributed by atoms with Crippen LogP contribution >= 0.6 is 15.9 Å². The van der Waals surface area contributed by atoms with Crippen molar-refractivity contribution in [2.75, 3.05) is 6.54 Å². The summed E-state index contributed by atoms with van der Waals surface area (Å²) in [5.41, 5.74) is 8.80. The Morgan fingerprint density at radius 2 is 1.89 bits per heavy atom. The lowest BCUT2D eigenvalue weighted by atomic mass is 10.1. The molecule has 2 aromatic rings. The number of nitrogens with two attached hydrogens (primary N) is 1. The summed E-state index contributed by atoms with van der Waals surface area (Å²) in [6.45, 7) is 2.61. The van der Waals surface area contributed by atoms with Gasteiger partial charge in [0.2, 0.25) is 0 Å². The first-order chi connectivity index (χ1) is 8.67. The van der Waals surface area contributed by atoms with Gasteiger partial charge in [0.25, 0.3) is 0 Å². The minimum absolute atomic E-state index is 0.619. The smallest absolute Gasteiger partial charge is 0.133 e. The van der Waals surface area contributed by atoms with Crippen LogP contribution in [0.2, 0.25) is 0 Å². The molecule has 94 valence electrons. The standard InChI is InChI=1S/C14H16BrN3/c1-10-8-13(6-7-16)18-14(17-10)9-11-2-4-12(15)5-3-11/h2-5,8H,6-7,9,16H2,1H3. The van der Waals surface area contributed by atoms with Crippen LogP contribution in [0.3, 0.4) is 0 Å². The minimum atomic E-state index is 0.619. The van der Waals surface area contributed by atoms with Gasteiger partial charge in [0.15, 0.2) is 0 Å². The molecule has 0 bridgehead atoms. The summed E-state index contributed by atoms with van der Waals surface area (Å²) in [7, 11) is 0. The number of aromatic nitrogens is 2. The predicted octanol–water partition coefficient (Wildman–Crippen LogP) is 2.64. The van der Waals surface area contributed by atoms with E-state index < -0.39 is 0 Å². The van der Waals surface area contributed by atoms with Gasteiger partial charge in [0.1, 0.15) is 5.82 Å². The Balaban J connectivity index is 2.20. The summed E-state index contributed by atoms with van der Waals surface area (Å²) in [6, 6.07) is 10.2. The highest BCUT2D eigenvalue weighted by atomic mass is 79.9. The number of hydrogen-bond donors (Lipinski definition) is 1. The summed E-state index contributed by atoms with van der Waals surface area (Å²) in [4.78, 5) is 9.01. The first-order valence-electron chi connectivity index (χ1n) is 5.95. The van der Waals surface area contributed by atoms with Crippen LogP contribution in [0.15, 0.2) is 34.8 Å². The van der Waals surface area contributed by atoms with E-state index in [1.165, 1.54) is 5.56 Å². The molecule has 0 saturated heterocycles. The maximum absolute atomic E-state index is 5.56. The third-order valence-electron chi connectivity index (χ3n) is 2.63. The lowest BCUT2D eigenvalue weighted by Gasteiger charge is -2.05. The van der Waals surface area contributed by atoms with E-state index in [0.717, 1.165) is 34.5 Å². The Labute approximate surface area is 116 Å². The van der Waals surface area contributed by atoms with E-state index in [1.807, 2.05) is 25.1 Å². The molecular weight excluding hydrogens is 290 g/mol. The number of halogens is 1. The zero-order chi connectivity index (χ0) is 13.0. The molecule has 0 spiro atoms. The van der Waals surface area contributed by atoms with Crippen molar-refractivity contribution >= 4 is 15.9 Å². The predicted molar refractivity (Wildman–Crippen MR) is 76.5 cm³/mol. The van der Waals surface area contributed by atoms with E-state index in [-0.39, 0.29) is 0 Å². The van der Waals surface area contributed by atoms with E-state index >= 15 is 0 Å². The number of aryl methyl sites for hydroxylation is 1. The molecule has 0 saturated carbocycles. The Kier molecular flexibility index (Phi) is 4.44. The van der Waals surface area contributed by atoms with Crippen LogP contribution in [0.5, 0.6) is 0 Å². The Morgan fingerprint density at radius 3 is 2.56 bits per heavy atom. The maximum atomic E-state index is 5.56. The van der Waals surface area contributed by atoms with Gasteiger partial charge >= 0.3 is 0 Å². The number of rotatable bonds is 4. The molecule has 1 aromatic heterocycles. The van der Waals surface area contributed by atoms with Gasteiger partial charge in [-0.25, -0.2) is 9.97 Å². The van der Waals surface area contributed by atoms with Gasteiger partial charge in [-0.15, -0.1) is 0 Å². The summed E-state index contributed by atoms with van der Waals surface area (Å²) in [5.74, 6) is 0.862. The molecule has 2 rings (SSSR count). The van der Waals surface area contributed by atoms with Crippen molar-refractivity contribution in [1.29, 1.82) is 0 Å². The normalized spacial score (nSPS) is 10.6. The minimum Gasteiger partial charge on any atom is -0.330 e. The van der Waals surface area contributed by atoms with Crippen molar-refractivity contribution in [3.8, 4) is 0 Å². The van der Waals surface area contributed by atoms with Crippen LogP contribution in [0.1, 0.15) is 22.8 Å². The molecular formula is C14H16BrN3. The molecule has 0 fully saturated rings. The van der Waals surface area contributed by atoms with Gasteiger partial charge in [-0.1, -0.05) is 28.1 Å². The SMILES string of the molecule is Cc1cc(CCN)nc(Cc2ccc(Br)cc2)n1. The van der Waals surface area contributed by atoms with Crippen molar-refractivity contribution in [3.63, 3.8) is 0 Å². The molecule has 0 aliphatic heterocycles. The second-order valence-corrected chi connectivity index (χ2v) is 5.17.